The van der Waals surface area contributed by atoms with Gasteiger partial charge in [-0.2, -0.15) is 0 Å². The molecule has 4 aliphatic rings. The van der Waals surface area contributed by atoms with Gasteiger partial charge in [-0.1, -0.05) is 44.1 Å². The molecule has 4 rings (SSSR count). The lowest BCUT2D eigenvalue weighted by atomic mass is 9.47. The van der Waals surface area contributed by atoms with E-state index in [4.69, 9.17) is 0 Å². The van der Waals surface area contributed by atoms with Crippen LogP contribution < -0.4 is 0 Å². The molecule has 2 fully saturated rings. The Morgan fingerprint density at radius 1 is 1.05 bits per heavy atom. The van der Waals surface area contributed by atoms with E-state index in [1.807, 2.05) is 0 Å². The Labute approximate surface area is 135 Å². The highest BCUT2D eigenvalue weighted by molar-refractivity contribution is 5.29. The van der Waals surface area contributed by atoms with Gasteiger partial charge < -0.3 is 5.11 Å². The van der Waals surface area contributed by atoms with Crippen molar-refractivity contribution < 1.29 is 5.11 Å². The molecule has 2 saturated carbocycles. The minimum absolute atomic E-state index is 0.0791. The lowest BCUT2D eigenvalue weighted by Crippen LogP contribution is -2.49. The number of aliphatic hydroxyl groups is 1. The lowest BCUT2D eigenvalue weighted by molar-refractivity contribution is -0.0299. The molecule has 0 bridgehead atoms. The smallest absolute Gasteiger partial charge is 0.0577 e. The number of fused-ring (bicyclic) bond motifs is 5. The maximum absolute atomic E-state index is 10.1. The highest BCUT2D eigenvalue weighted by Gasteiger charge is 2.56. The number of hydrogen-bond acceptors (Lipinski definition) is 1. The molecule has 4 unspecified atom stereocenters. The zero-order valence-electron chi connectivity index (χ0n) is 14.6. The summed E-state index contributed by atoms with van der Waals surface area (Å²) in [6.45, 7) is 7.42. The highest BCUT2D eigenvalue weighted by atomic mass is 16.3. The summed E-state index contributed by atoms with van der Waals surface area (Å²) in [6, 6.07) is 0. The SMILES string of the molecule is CCC1=CCC2C3CC=C4C[C@@H](O)CC[C@]4(C)C3CCC12C. The third-order valence-electron chi connectivity index (χ3n) is 8.20. The second-order valence-electron chi connectivity index (χ2n) is 8.93. The van der Waals surface area contributed by atoms with Gasteiger partial charge in [-0.3, -0.25) is 0 Å². The normalized spacial score (nSPS) is 50.5. The predicted molar refractivity (Wildman–Crippen MR) is 91.5 cm³/mol. The molecule has 4 aliphatic carbocycles. The average Bonchev–Trinajstić information content (AvgIpc) is 2.84. The maximum atomic E-state index is 10.1. The molecule has 0 amide bonds. The molecule has 1 N–H and O–H groups in total. The molecular weight excluding hydrogens is 268 g/mol. The predicted octanol–water partition coefficient (Wildman–Crippen LogP) is 5.26. The van der Waals surface area contributed by atoms with Crippen LogP contribution in [0.15, 0.2) is 23.3 Å². The van der Waals surface area contributed by atoms with E-state index in [0.717, 1.165) is 30.6 Å². The standard InChI is InChI=1S/C21H32O/c1-4-14-6-8-18-17-7-5-15-13-16(22)9-11-21(15,3)19(17)10-12-20(14,18)2/h5-6,16-19,22H,4,7-13H2,1-3H3/t16-,17?,18?,19?,20?,21-/m0/s1. The van der Waals surface area contributed by atoms with E-state index in [0.29, 0.717) is 10.8 Å². The van der Waals surface area contributed by atoms with Gasteiger partial charge in [0.15, 0.2) is 0 Å². The molecule has 0 radical (unpaired) electrons. The van der Waals surface area contributed by atoms with Gasteiger partial charge in [0.1, 0.15) is 0 Å². The summed E-state index contributed by atoms with van der Waals surface area (Å²) in [7, 11) is 0. The Hall–Kier alpha value is -0.560. The Kier molecular flexibility index (Phi) is 3.39. The van der Waals surface area contributed by atoms with Crippen molar-refractivity contribution in [1.29, 1.82) is 0 Å². The quantitative estimate of drug-likeness (QED) is 0.655. The van der Waals surface area contributed by atoms with Gasteiger partial charge in [-0.05, 0) is 80.0 Å². The van der Waals surface area contributed by atoms with E-state index in [1.54, 1.807) is 11.1 Å². The molecule has 6 atom stereocenters. The van der Waals surface area contributed by atoms with E-state index in [2.05, 4.69) is 32.9 Å². The summed E-state index contributed by atoms with van der Waals surface area (Å²) < 4.78 is 0. The van der Waals surface area contributed by atoms with Gasteiger partial charge in [-0.15, -0.1) is 0 Å². The molecule has 1 heteroatoms. The molecule has 0 aromatic carbocycles. The summed E-state index contributed by atoms with van der Waals surface area (Å²) in [5.74, 6) is 2.62. The van der Waals surface area contributed by atoms with Crippen LogP contribution in [-0.4, -0.2) is 11.2 Å². The molecule has 122 valence electrons. The summed E-state index contributed by atoms with van der Waals surface area (Å²) in [4.78, 5) is 0. The molecule has 0 saturated heterocycles. The van der Waals surface area contributed by atoms with Gasteiger partial charge in [0.05, 0.1) is 6.10 Å². The second-order valence-corrected chi connectivity index (χ2v) is 8.93. The summed E-state index contributed by atoms with van der Waals surface area (Å²) in [6.07, 6.45) is 14.8. The number of allylic oxidation sites excluding steroid dienone is 3. The second kappa shape index (κ2) is 4.97. The van der Waals surface area contributed by atoms with Gasteiger partial charge in [0, 0.05) is 0 Å². The molecule has 0 spiro atoms. The largest absolute Gasteiger partial charge is 0.393 e. The van der Waals surface area contributed by atoms with Crippen LogP contribution in [0.4, 0.5) is 0 Å². The van der Waals surface area contributed by atoms with Gasteiger partial charge in [-0.25, -0.2) is 0 Å². The molecule has 22 heavy (non-hydrogen) atoms. The number of rotatable bonds is 1. The summed E-state index contributed by atoms with van der Waals surface area (Å²) >= 11 is 0. The topological polar surface area (TPSA) is 20.2 Å². The van der Waals surface area contributed by atoms with Crippen LogP contribution in [0, 0.1) is 28.6 Å². The first kappa shape index (κ1) is 15.0. The Bertz CT molecular complexity index is 530. The lowest BCUT2D eigenvalue weighted by Gasteiger charge is -2.57. The van der Waals surface area contributed by atoms with E-state index in [-0.39, 0.29) is 6.10 Å². The molecule has 0 aromatic rings. The summed E-state index contributed by atoms with van der Waals surface area (Å²) in [5.41, 5.74) is 4.22. The van der Waals surface area contributed by atoms with Crippen LogP contribution in [-0.2, 0) is 0 Å². The molecule has 0 heterocycles. The van der Waals surface area contributed by atoms with Crippen molar-refractivity contribution in [1.82, 2.24) is 0 Å². The van der Waals surface area contributed by atoms with Crippen molar-refractivity contribution >= 4 is 0 Å². The van der Waals surface area contributed by atoms with Crippen LogP contribution in [0.3, 0.4) is 0 Å². The zero-order valence-corrected chi connectivity index (χ0v) is 14.6. The van der Waals surface area contributed by atoms with E-state index in [1.165, 1.54) is 38.5 Å². The van der Waals surface area contributed by atoms with Crippen LogP contribution in [0.2, 0.25) is 0 Å². The number of hydrogen-bond donors (Lipinski definition) is 1. The Morgan fingerprint density at radius 2 is 1.82 bits per heavy atom. The summed E-state index contributed by atoms with van der Waals surface area (Å²) in [5, 5.41) is 10.1. The minimum atomic E-state index is -0.0791. The first-order valence-corrected chi connectivity index (χ1v) is 9.56. The van der Waals surface area contributed by atoms with Crippen molar-refractivity contribution in [3.63, 3.8) is 0 Å². The van der Waals surface area contributed by atoms with E-state index < -0.39 is 0 Å². The fourth-order valence-electron chi connectivity index (χ4n) is 6.85. The van der Waals surface area contributed by atoms with Crippen molar-refractivity contribution in [2.24, 2.45) is 28.6 Å². The third kappa shape index (κ3) is 1.87. The van der Waals surface area contributed by atoms with Crippen molar-refractivity contribution in [3.8, 4) is 0 Å². The van der Waals surface area contributed by atoms with Crippen molar-refractivity contribution in [2.45, 2.75) is 78.2 Å². The fraction of sp³-hybridized carbons (Fsp3) is 0.810. The average molecular weight is 300 g/mol. The van der Waals surface area contributed by atoms with Crippen LogP contribution in [0.1, 0.15) is 72.1 Å². The Balaban J connectivity index is 1.66. The van der Waals surface area contributed by atoms with E-state index >= 15 is 0 Å². The van der Waals surface area contributed by atoms with Crippen LogP contribution >= 0.6 is 0 Å². The van der Waals surface area contributed by atoms with Gasteiger partial charge in [0.25, 0.3) is 0 Å². The molecule has 1 nitrogen and oxygen atoms in total. The van der Waals surface area contributed by atoms with Crippen molar-refractivity contribution in [2.75, 3.05) is 0 Å². The Morgan fingerprint density at radius 3 is 2.59 bits per heavy atom. The first-order chi connectivity index (χ1) is 10.5. The third-order valence-corrected chi connectivity index (χ3v) is 8.20. The fourth-order valence-corrected chi connectivity index (χ4v) is 6.85. The van der Waals surface area contributed by atoms with Gasteiger partial charge in [0.2, 0.25) is 0 Å². The monoisotopic (exact) mass is 300 g/mol. The van der Waals surface area contributed by atoms with E-state index in [9.17, 15) is 5.11 Å². The zero-order chi connectivity index (χ0) is 15.5. The molecule has 0 aromatic heterocycles. The minimum Gasteiger partial charge on any atom is -0.393 e. The van der Waals surface area contributed by atoms with Crippen LogP contribution in [0.25, 0.3) is 0 Å². The first-order valence-electron chi connectivity index (χ1n) is 9.56. The van der Waals surface area contributed by atoms with Crippen LogP contribution in [0.5, 0.6) is 0 Å². The maximum Gasteiger partial charge on any atom is 0.0577 e. The molecule has 0 aliphatic heterocycles. The molecular formula is C21H32O. The van der Waals surface area contributed by atoms with Crippen molar-refractivity contribution in [3.05, 3.63) is 23.3 Å². The number of aliphatic hydroxyl groups excluding tert-OH is 1. The van der Waals surface area contributed by atoms with Gasteiger partial charge >= 0.3 is 0 Å². The highest BCUT2D eigenvalue weighted by Crippen LogP contribution is 2.65.